The number of imide groups is 1. The van der Waals surface area contributed by atoms with E-state index in [1.807, 2.05) is 0 Å². The van der Waals surface area contributed by atoms with E-state index in [2.05, 4.69) is 10.6 Å². The van der Waals surface area contributed by atoms with Gasteiger partial charge in [-0.3, -0.25) is 10.1 Å². The Morgan fingerprint density at radius 3 is 2.57 bits per heavy atom. The van der Waals surface area contributed by atoms with E-state index in [-0.39, 0.29) is 11.3 Å². The molecule has 1 aromatic carbocycles. The largest absolute Gasteiger partial charge is 0.545 e. The first-order chi connectivity index (χ1) is 10.9. The molecule has 23 heavy (non-hydrogen) atoms. The summed E-state index contributed by atoms with van der Waals surface area (Å²) in [5, 5.41) is 15.3. The number of carboxylic acid groups (broad SMARTS) is 1. The summed E-state index contributed by atoms with van der Waals surface area (Å²) < 4.78 is 5.63. The topological polar surface area (TPSA) is 111 Å². The number of aromatic carboxylic acids is 1. The summed E-state index contributed by atoms with van der Waals surface area (Å²) in [6.07, 6.45) is 1.41. The molecule has 0 unspecified atom stereocenters. The van der Waals surface area contributed by atoms with Crippen molar-refractivity contribution in [3.63, 3.8) is 0 Å². The van der Waals surface area contributed by atoms with E-state index in [0.717, 1.165) is 5.56 Å². The number of furan rings is 1. The number of carbonyl (C=O) groups is 3. The number of hydrogen-bond acceptors (Lipinski definition) is 5. The van der Waals surface area contributed by atoms with E-state index in [9.17, 15) is 19.5 Å². The second-order valence-electron chi connectivity index (χ2n) is 4.99. The fourth-order valence-corrected chi connectivity index (χ4v) is 2.27. The van der Waals surface area contributed by atoms with Gasteiger partial charge in [0.15, 0.2) is 0 Å². The summed E-state index contributed by atoms with van der Waals surface area (Å²) in [5.41, 5.74) is 1.62. The SMILES string of the molecule is Cc1cc(C(=O)[O-])ccc1-c1ccc(/C=C2\NC(=O)NC2=O)o1. The number of carboxylic acids is 1. The molecule has 1 fully saturated rings. The highest BCUT2D eigenvalue weighted by molar-refractivity contribution is 6.13. The van der Waals surface area contributed by atoms with E-state index >= 15 is 0 Å². The number of hydrogen-bond donors (Lipinski definition) is 2. The minimum atomic E-state index is -1.24. The molecule has 0 spiro atoms. The predicted octanol–water partition coefficient (Wildman–Crippen LogP) is 0.799. The van der Waals surface area contributed by atoms with Gasteiger partial charge in [0.05, 0.1) is 5.97 Å². The Bertz CT molecular complexity index is 863. The van der Waals surface area contributed by atoms with Crippen molar-refractivity contribution in [2.45, 2.75) is 6.92 Å². The number of carbonyl (C=O) groups excluding carboxylic acids is 3. The van der Waals surface area contributed by atoms with Gasteiger partial charge < -0.3 is 19.6 Å². The first-order valence-electron chi connectivity index (χ1n) is 6.70. The Hall–Kier alpha value is -3.35. The van der Waals surface area contributed by atoms with Gasteiger partial charge in [0.25, 0.3) is 5.91 Å². The molecule has 7 heteroatoms. The first-order valence-corrected chi connectivity index (χ1v) is 6.70. The van der Waals surface area contributed by atoms with Crippen LogP contribution in [0.15, 0.2) is 40.4 Å². The van der Waals surface area contributed by atoms with Crippen LogP contribution in [0.3, 0.4) is 0 Å². The third kappa shape index (κ3) is 2.84. The Balaban J connectivity index is 1.91. The van der Waals surface area contributed by atoms with Crippen LogP contribution in [0.1, 0.15) is 21.7 Å². The molecule has 0 bridgehead atoms. The van der Waals surface area contributed by atoms with Gasteiger partial charge in [-0.2, -0.15) is 0 Å². The van der Waals surface area contributed by atoms with Crippen molar-refractivity contribution in [3.8, 4) is 11.3 Å². The third-order valence-electron chi connectivity index (χ3n) is 3.36. The van der Waals surface area contributed by atoms with Crippen LogP contribution in [0, 0.1) is 6.92 Å². The van der Waals surface area contributed by atoms with Crippen molar-refractivity contribution in [3.05, 3.63) is 52.9 Å². The zero-order valence-corrected chi connectivity index (χ0v) is 12.0. The monoisotopic (exact) mass is 311 g/mol. The fourth-order valence-electron chi connectivity index (χ4n) is 2.27. The van der Waals surface area contributed by atoms with Crippen LogP contribution in [0.25, 0.3) is 17.4 Å². The molecule has 3 rings (SSSR count). The lowest BCUT2D eigenvalue weighted by molar-refractivity contribution is -0.255. The Kier molecular flexibility index (Phi) is 3.46. The van der Waals surface area contributed by atoms with Crippen molar-refractivity contribution in [1.82, 2.24) is 10.6 Å². The zero-order valence-electron chi connectivity index (χ0n) is 12.0. The molecule has 7 nitrogen and oxygen atoms in total. The van der Waals surface area contributed by atoms with Gasteiger partial charge in [0.2, 0.25) is 0 Å². The smallest absolute Gasteiger partial charge is 0.326 e. The highest BCUT2D eigenvalue weighted by atomic mass is 16.4. The van der Waals surface area contributed by atoms with Crippen molar-refractivity contribution >= 4 is 24.0 Å². The minimum absolute atomic E-state index is 0.0884. The van der Waals surface area contributed by atoms with Gasteiger partial charge in [-0.1, -0.05) is 12.1 Å². The molecule has 3 amide bonds. The molecule has 1 aliphatic heterocycles. The Labute approximate surface area is 130 Å². The minimum Gasteiger partial charge on any atom is -0.545 e. The highest BCUT2D eigenvalue weighted by Gasteiger charge is 2.23. The predicted molar refractivity (Wildman–Crippen MR) is 77.9 cm³/mol. The lowest BCUT2D eigenvalue weighted by Crippen LogP contribution is -2.22. The van der Waals surface area contributed by atoms with E-state index in [1.165, 1.54) is 18.2 Å². The quantitative estimate of drug-likeness (QED) is 0.643. The van der Waals surface area contributed by atoms with E-state index < -0.39 is 17.9 Å². The number of benzene rings is 1. The van der Waals surface area contributed by atoms with Crippen LogP contribution < -0.4 is 15.7 Å². The maximum absolute atomic E-state index is 11.5. The summed E-state index contributed by atoms with van der Waals surface area (Å²) in [4.78, 5) is 33.3. The summed E-state index contributed by atoms with van der Waals surface area (Å²) in [6.45, 7) is 1.76. The van der Waals surface area contributed by atoms with Crippen molar-refractivity contribution in [2.24, 2.45) is 0 Å². The molecular weight excluding hydrogens is 300 g/mol. The van der Waals surface area contributed by atoms with Crippen LogP contribution in [0.4, 0.5) is 4.79 Å². The number of aryl methyl sites for hydroxylation is 1. The second-order valence-corrected chi connectivity index (χ2v) is 4.99. The Morgan fingerprint density at radius 2 is 1.96 bits per heavy atom. The lowest BCUT2D eigenvalue weighted by Gasteiger charge is -2.07. The normalized spacial score (nSPS) is 15.6. The van der Waals surface area contributed by atoms with Gasteiger partial charge in [-0.05, 0) is 36.2 Å². The van der Waals surface area contributed by atoms with E-state index in [0.29, 0.717) is 17.1 Å². The van der Waals surface area contributed by atoms with Gasteiger partial charge in [-0.25, -0.2) is 4.79 Å². The van der Waals surface area contributed by atoms with Crippen molar-refractivity contribution < 1.29 is 23.9 Å². The molecule has 2 heterocycles. The highest BCUT2D eigenvalue weighted by Crippen LogP contribution is 2.27. The molecule has 1 aliphatic rings. The maximum atomic E-state index is 11.5. The van der Waals surface area contributed by atoms with Gasteiger partial charge >= 0.3 is 6.03 Å². The first kappa shape index (κ1) is 14.6. The Morgan fingerprint density at radius 1 is 1.17 bits per heavy atom. The van der Waals surface area contributed by atoms with E-state index in [4.69, 9.17) is 4.42 Å². The number of rotatable bonds is 3. The van der Waals surface area contributed by atoms with Crippen LogP contribution in [0.5, 0.6) is 0 Å². The molecule has 0 atom stereocenters. The summed E-state index contributed by atoms with van der Waals surface area (Å²) in [5.74, 6) is -0.866. The number of amides is 3. The molecule has 0 radical (unpaired) electrons. The van der Waals surface area contributed by atoms with Crippen molar-refractivity contribution in [2.75, 3.05) is 0 Å². The maximum Gasteiger partial charge on any atom is 0.326 e. The van der Waals surface area contributed by atoms with Crippen molar-refractivity contribution in [1.29, 1.82) is 0 Å². The van der Waals surface area contributed by atoms with E-state index in [1.54, 1.807) is 25.1 Å². The molecule has 2 aromatic rings. The fraction of sp³-hybridized carbons (Fsp3) is 0.0625. The average molecular weight is 311 g/mol. The molecule has 2 N–H and O–H groups in total. The second kappa shape index (κ2) is 5.45. The summed E-state index contributed by atoms with van der Waals surface area (Å²) in [6, 6.07) is 7.31. The molecule has 116 valence electrons. The molecular formula is C16H11N2O5-. The lowest BCUT2D eigenvalue weighted by atomic mass is 10.0. The van der Waals surface area contributed by atoms with Gasteiger partial charge in [0, 0.05) is 11.6 Å². The van der Waals surface area contributed by atoms with Gasteiger partial charge in [-0.15, -0.1) is 0 Å². The van der Waals surface area contributed by atoms with Crippen LogP contribution in [-0.2, 0) is 4.79 Å². The summed E-state index contributed by atoms with van der Waals surface area (Å²) in [7, 11) is 0. The molecule has 1 aromatic heterocycles. The van der Waals surface area contributed by atoms with Crippen LogP contribution >= 0.6 is 0 Å². The number of urea groups is 1. The standard InChI is InChI=1S/C16H12N2O5/c1-8-6-9(15(20)21)2-4-11(8)13-5-3-10(23-13)7-12-14(19)18-16(22)17-12/h2-7H,1H3,(H,20,21)(H2,17,18,19,22)/p-1/b12-7-. The van der Waals surface area contributed by atoms with Crippen LogP contribution in [0.2, 0.25) is 0 Å². The molecule has 1 saturated heterocycles. The van der Waals surface area contributed by atoms with Crippen LogP contribution in [-0.4, -0.2) is 17.9 Å². The number of nitrogens with one attached hydrogen (secondary N) is 2. The third-order valence-corrected chi connectivity index (χ3v) is 3.36. The van der Waals surface area contributed by atoms with Gasteiger partial charge in [0.1, 0.15) is 17.2 Å². The average Bonchev–Trinajstić information content (AvgIpc) is 3.06. The molecule has 0 saturated carbocycles. The molecule has 0 aliphatic carbocycles. The zero-order chi connectivity index (χ0) is 16.6. The summed E-state index contributed by atoms with van der Waals surface area (Å²) >= 11 is 0.